The molecule has 2 aromatic carbocycles. The van der Waals surface area contributed by atoms with Crippen molar-refractivity contribution in [2.24, 2.45) is 0 Å². The lowest BCUT2D eigenvalue weighted by Gasteiger charge is -2.27. The minimum Gasteiger partial charge on any atom is -0.472 e. The number of hydrogen-bond acceptors (Lipinski definition) is 2. The Morgan fingerprint density at radius 1 is 0.944 bits per heavy atom. The first-order valence-corrected chi connectivity index (χ1v) is 8.13. The topological polar surface area (TPSA) is 33.0 Å². The molecule has 0 fully saturated rings. The summed E-state index contributed by atoms with van der Waals surface area (Å²) in [5.41, 5.74) is 0. The van der Waals surface area contributed by atoms with E-state index < -0.39 is 8.32 Å². The summed E-state index contributed by atoms with van der Waals surface area (Å²) >= 11 is 0. The molecular formula is C15H15NOSi. The summed E-state index contributed by atoms with van der Waals surface area (Å²) in [6.07, 6.45) is 1.92. The van der Waals surface area contributed by atoms with Gasteiger partial charge in [-0.15, -0.1) is 0 Å². The van der Waals surface area contributed by atoms with Crippen LogP contribution in [0.25, 0.3) is 0 Å². The van der Waals surface area contributed by atoms with E-state index in [4.69, 9.17) is 9.69 Å². The van der Waals surface area contributed by atoms with E-state index in [0.29, 0.717) is 0 Å². The zero-order valence-corrected chi connectivity index (χ0v) is 11.3. The third kappa shape index (κ3) is 2.15. The lowest BCUT2D eigenvalue weighted by Crippen LogP contribution is -2.59. The summed E-state index contributed by atoms with van der Waals surface area (Å²) in [7, 11) is -2.38. The Balaban J connectivity index is 2.58. The Labute approximate surface area is 109 Å². The molecule has 0 atom stereocenters. The summed E-state index contributed by atoms with van der Waals surface area (Å²) in [5, 5.41) is 11.3. The molecule has 0 N–H and O–H groups in total. The second-order valence-electron chi connectivity index (χ2n) is 4.11. The molecule has 3 heteroatoms. The van der Waals surface area contributed by atoms with Crippen LogP contribution in [0.4, 0.5) is 0 Å². The fourth-order valence-electron chi connectivity index (χ4n) is 2.26. The zero-order chi connectivity index (χ0) is 12.8. The Hall–Kier alpha value is -2.05. The molecule has 90 valence electrons. The predicted molar refractivity (Wildman–Crippen MR) is 75.1 cm³/mol. The van der Waals surface area contributed by atoms with Gasteiger partial charge in [-0.25, -0.2) is 0 Å². The van der Waals surface area contributed by atoms with Crippen molar-refractivity contribution in [1.82, 2.24) is 0 Å². The Morgan fingerprint density at radius 3 is 1.72 bits per heavy atom. The quantitative estimate of drug-likeness (QED) is 0.618. The third-order valence-electron chi connectivity index (χ3n) is 3.20. The lowest BCUT2D eigenvalue weighted by atomic mass is 10.4. The van der Waals surface area contributed by atoms with Gasteiger partial charge in [-0.2, -0.15) is 5.26 Å². The van der Waals surface area contributed by atoms with Crippen LogP contribution >= 0.6 is 0 Å². The number of hydrogen-bond donors (Lipinski definition) is 0. The molecule has 2 rings (SSSR count). The lowest BCUT2D eigenvalue weighted by molar-refractivity contribution is 0.512. The summed E-state index contributed by atoms with van der Waals surface area (Å²) in [6, 6.07) is 21.0. The maximum Gasteiger partial charge on any atom is 0.329 e. The molecule has 0 aliphatic heterocycles. The summed E-state index contributed by atoms with van der Waals surface area (Å²) in [6.45, 7) is 2.09. The van der Waals surface area contributed by atoms with E-state index in [9.17, 15) is 0 Å². The standard InChI is InChI=1S/C15H15NOSi/c1-2-18(17-13-16,14-9-5-3-6-10-14)15-11-7-4-8-12-15/h3-12H,2H2,1H3. The number of benzene rings is 2. The van der Waals surface area contributed by atoms with Crippen LogP contribution in [0.1, 0.15) is 6.92 Å². The number of nitriles is 1. The van der Waals surface area contributed by atoms with Gasteiger partial charge in [0.25, 0.3) is 6.26 Å². The molecule has 18 heavy (non-hydrogen) atoms. The first-order chi connectivity index (χ1) is 8.83. The van der Waals surface area contributed by atoms with Gasteiger partial charge in [-0.05, 0) is 16.4 Å². The average Bonchev–Trinajstić information content (AvgIpc) is 2.47. The number of rotatable bonds is 4. The van der Waals surface area contributed by atoms with E-state index in [1.165, 1.54) is 0 Å². The Kier molecular flexibility index (Phi) is 3.81. The molecule has 0 saturated carbocycles. The minimum absolute atomic E-state index is 0.842. The van der Waals surface area contributed by atoms with Crippen molar-refractivity contribution < 1.29 is 4.43 Å². The second kappa shape index (κ2) is 5.52. The van der Waals surface area contributed by atoms with Gasteiger partial charge in [0.05, 0.1) is 0 Å². The van der Waals surface area contributed by atoms with Crippen LogP contribution in [0, 0.1) is 11.5 Å². The first-order valence-electron chi connectivity index (χ1n) is 6.01. The SMILES string of the molecule is CC[Si](OC#N)(c1ccccc1)c1ccccc1. The van der Waals surface area contributed by atoms with Crippen LogP contribution in [0.15, 0.2) is 60.7 Å². The van der Waals surface area contributed by atoms with Gasteiger partial charge in [0.1, 0.15) is 0 Å². The van der Waals surface area contributed by atoms with Gasteiger partial charge in [-0.1, -0.05) is 67.6 Å². The van der Waals surface area contributed by atoms with Crippen LogP contribution in [0.5, 0.6) is 0 Å². The third-order valence-corrected chi connectivity index (χ3v) is 7.17. The maximum atomic E-state index is 9.02. The molecule has 0 unspecified atom stereocenters. The summed E-state index contributed by atoms with van der Waals surface area (Å²) in [4.78, 5) is 0. The Morgan fingerprint density at radius 2 is 1.39 bits per heavy atom. The molecule has 0 spiro atoms. The van der Waals surface area contributed by atoms with Crippen molar-refractivity contribution in [3.63, 3.8) is 0 Å². The molecular weight excluding hydrogens is 238 g/mol. The van der Waals surface area contributed by atoms with E-state index in [1.807, 2.05) is 42.7 Å². The molecule has 0 amide bonds. The van der Waals surface area contributed by atoms with Crippen LogP contribution in [0.2, 0.25) is 6.04 Å². The van der Waals surface area contributed by atoms with Gasteiger partial charge in [0.15, 0.2) is 0 Å². The highest BCUT2D eigenvalue weighted by Crippen LogP contribution is 2.12. The van der Waals surface area contributed by atoms with E-state index in [1.54, 1.807) is 0 Å². The highest BCUT2D eigenvalue weighted by atomic mass is 28.4. The van der Waals surface area contributed by atoms with Crippen LogP contribution < -0.4 is 10.4 Å². The first kappa shape index (κ1) is 12.4. The van der Waals surface area contributed by atoms with Gasteiger partial charge in [-0.3, -0.25) is 0 Å². The van der Waals surface area contributed by atoms with Gasteiger partial charge in [0, 0.05) is 0 Å². The van der Waals surface area contributed by atoms with Crippen LogP contribution in [0.3, 0.4) is 0 Å². The molecule has 0 bridgehead atoms. The average molecular weight is 253 g/mol. The largest absolute Gasteiger partial charge is 0.472 e. The van der Waals surface area contributed by atoms with Gasteiger partial charge >= 0.3 is 8.32 Å². The highest BCUT2D eigenvalue weighted by molar-refractivity contribution is 6.97. The molecule has 0 radical (unpaired) electrons. The fraction of sp³-hybridized carbons (Fsp3) is 0.133. The van der Waals surface area contributed by atoms with E-state index in [-0.39, 0.29) is 0 Å². The zero-order valence-electron chi connectivity index (χ0n) is 10.3. The second-order valence-corrected chi connectivity index (χ2v) is 7.83. The molecule has 0 aromatic heterocycles. The van der Waals surface area contributed by atoms with Crippen LogP contribution in [-0.4, -0.2) is 8.32 Å². The Bertz CT molecular complexity index is 494. The predicted octanol–water partition coefficient (Wildman–Crippen LogP) is 2.26. The van der Waals surface area contributed by atoms with Crippen molar-refractivity contribution >= 4 is 18.7 Å². The molecule has 0 aliphatic rings. The van der Waals surface area contributed by atoms with Crippen molar-refractivity contribution in [2.45, 2.75) is 13.0 Å². The molecule has 0 saturated heterocycles. The fourth-order valence-corrected chi connectivity index (χ4v) is 5.41. The highest BCUT2D eigenvalue weighted by Gasteiger charge is 2.39. The van der Waals surface area contributed by atoms with Crippen molar-refractivity contribution in [3.8, 4) is 6.26 Å². The normalized spacial score (nSPS) is 10.7. The molecule has 2 aromatic rings. The van der Waals surface area contributed by atoms with Gasteiger partial charge in [0.2, 0.25) is 0 Å². The summed E-state index contributed by atoms with van der Waals surface area (Å²) < 4.78 is 5.60. The maximum absolute atomic E-state index is 9.02. The van der Waals surface area contributed by atoms with Crippen molar-refractivity contribution in [1.29, 1.82) is 5.26 Å². The number of nitrogens with zero attached hydrogens (tertiary/aromatic N) is 1. The molecule has 0 heterocycles. The van der Waals surface area contributed by atoms with Crippen molar-refractivity contribution in [2.75, 3.05) is 0 Å². The van der Waals surface area contributed by atoms with E-state index in [0.717, 1.165) is 16.4 Å². The summed E-state index contributed by atoms with van der Waals surface area (Å²) in [5.74, 6) is 0. The van der Waals surface area contributed by atoms with Crippen molar-refractivity contribution in [3.05, 3.63) is 60.7 Å². The molecule has 2 nitrogen and oxygen atoms in total. The van der Waals surface area contributed by atoms with E-state index in [2.05, 4.69) is 31.2 Å². The van der Waals surface area contributed by atoms with E-state index >= 15 is 0 Å². The van der Waals surface area contributed by atoms with Crippen LogP contribution in [-0.2, 0) is 4.43 Å². The minimum atomic E-state index is -2.38. The monoisotopic (exact) mass is 253 g/mol. The molecule has 0 aliphatic carbocycles. The smallest absolute Gasteiger partial charge is 0.329 e. The van der Waals surface area contributed by atoms with Gasteiger partial charge < -0.3 is 4.43 Å².